The van der Waals surface area contributed by atoms with Crippen molar-refractivity contribution in [3.05, 3.63) is 29.8 Å². The Balaban J connectivity index is 2.40. The maximum Gasteiger partial charge on any atom is 0.119 e. The highest BCUT2D eigenvalue weighted by Gasteiger charge is 2.06. The van der Waals surface area contributed by atoms with Gasteiger partial charge in [0.1, 0.15) is 11.9 Å². The van der Waals surface area contributed by atoms with E-state index in [9.17, 15) is 0 Å². The highest BCUT2D eigenvalue weighted by Crippen LogP contribution is 2.14. The van der Waals surface area contributed by atoms with E-state index in [2.05, 4.69) is 31.3 Å². The number of nitrogens with one attached hydrogen (secondary N) is 1. The fraction of sp³-hybridized carbons (Fsp3) is 0.538. The molecule has 0 saturated heterocycles. The lowest BCUT2D eigenvalue weighted by Gasteiger charge is -2.18. The average molecular weight is 242 g/mol. The van der Waals surface area contributed by atoms with Crippen LogP contribution in [0.15, 0.2) is 24.3 Å². The van der Waals surface area contributed by atoms with Crippen molar-refractivity contribution in [1.29, 1.82) is 0 Å². The smallest absolute Gasteiger partial charge is 0.119 e. The molecule has 3 heteroatoms. The van der Waals surface area contributed by atoms with E-state index in [4.69, 9.17) is 16.3 Å². The minimum absolute atomic E-state index is 0.214. The van der Waals surface area contributed by atoms with Gasteiger partial charge in [-0.2, -0.15) is 0 Å². The Morgan fingerprint density at radius 3 is 2.56 bits per heavy atom. The molecule has 0 aliphatic rings. The molecule has 1 rings (SSSR count). The first-order chi connectivity index (χ1) is 7.76. The van der Waals surface area contributed by atoms with Crippen molar-refractivity contribution in [2.24, 2.45) is 0 Å². The zero-order valence-corrected chi connectivity index (χ0v) is 10.8. The zero-order valence-electron chi connectivity index (χ0n) is 10.0. The maximum atomic E-state index is 5.86. The molecule has 0 aliphatic carbocycles. The molecule has 1 N–H and O–H groups in total. The van der Waals surface area contributed by atoms with Crippen LogP contribution < -0.4 is 10.1 Å². The van der Waals surface area contributed by atoms with E-state index in [-0.39, 0.29) is 6.10 Å². The molecule has 0 saturated carbocycles. The van der Waals surface area contributed by atoms with E-state index in [0.717, 1.165) is 25.3 Å². The molecule has 1 atom stereocenters. The molecule has 0 heterocycles. The number of benzene rings is 1. The van der Waals surface area contributed by atoms with Gasteiger partial charge < -0.3 is 10.1 Å². The molecule has 0 amide bonds. The van der Waals surface area contributed by atoms with Crippen molar-refractivity contribution in [3.8, 4) is 5.75 Å². The van der Waals surface area contributed by atoms with Crippen molar-refractivity contribution in [1.82, 2.24) is 5.32 Å². The Kier molecular flexibility index (Phi) is 6.27. The van der Waals surface area contributed by atoms with Crippen molar-refractivity contribution in [2.75, 3.05) is 19.0 Å². The van der Waals surface area contributed by atoms with Crippen LogP contribution in [0.1, 0.15) is 18.9 Å². The first kappa shape index (κ1) is 13.3. The van der Waals surface area contributed by atoms with Gasteiger partial charge in [-0.25, -0.2) is 0 Å². The Labute approximate surface area is 103 Å². The van der Waals surface area contributed by atoms with E-state index in [1.807, 2.05) is 12.1 Å². The number of rotatable bonds is 7. The van der Waals surface area contributed by atoms with Gasteiger partial charge in [0.25, 0.3) is 0 Å². The number of aryl methyl sites for hydroxylation is 1. The fourth-order valence-electron chi connectivity index (χ4n) is 1.41. The van der Waals surface area contributed by atoms with Gasteiger partial charge in [-0.15, -0.1) is 11.6 Å². The van der Waals surface area contributed by atoms with E-state index < -0.39 is 0 Å². The van der Waals surface area contributed by atoms with Crippen LogP contribution in [0.3, 0.4) is 0 Å². The summed E-state index contributed by atoms with van der Waals surface area (Å²) in [5.74, 6) is 1.58. The van der Waals surface area contributed by atoms with E-state index in [1.54, 1.807) is 0 Å². The summed E-state index contributed by atoms with van der Waals surface area (Å²) in [4.78, 5) is 0. The first-order valence-corrected chi connectivity index (χ1v) is 6.29. The lowest BCUT2D eigenvalue weighted by atomic mass is 10.2. The summed E-state index contributed by atoms with van der Waals surface area (Å²) in [5.41, 5.74) is 1.25. The standard InChI is InChI=1S/C13H20ClNO/c1-3-12(10-15-9-8-14)16-13-6-4-11(2)5-7-13/h4-7,12,15H,3,8-10H2,1-2H3. The number of halogens is 1. The molecule has 1 unspecified atom stereocenters. The Morgan fingerprint density at radius 2 is 2.00 bits per heavy atom. The molecule has 0 aliphatic heterocycles. The number of alkyl halides is 1. The van der Waals surface area contributed by atoms with Crippen molar-refractivity contribution in [2.45, 2.75) is 26.4 Å². The second kappa shape index (κ2) is 7.53. The molecular weight excluding hydrogens is 222 g/mol. The number of ether oxygens (including phenoxy) is 1. The third kappa shape index (κ3) is 4.86. The van der Waals surface area contributed by atoms with Gasteiger partial charge in [-0.1, -0.05) is 24.6 Å². The molecule has 0 fully saturated rings. The maximum absolute atomic E-state index is 5.86. The topological polar surface area (TPSA) is 21.3 Å². The summed E-state index contributed by atoms with van der Waals surface area (Å²) in [5, 5.41) is 3.26. The second-order valence-corrected chi connectivity index (χ2v) is 4.23. The second-order valence-electron chi connectivity index (χ2n) is 3.85. The van der Waals surface area contributed by atoms with Crippen LogP contribution in [0.2, 0.25) is 0 Å². The first-order valence-electron chi connectivity index (χ1n) is 5.76. The summed E-state index contributed by atoms with van der Waals surface area (Å²) in [6.45, 7) is 5.87. The normalized spacial score (nSPS) is 12.4. The van der Waals surface area contributed by atoms with Crippen molar-refractivity contribution < 1.29 is 4.74 Å². The van der Waals surface area contributed by atoms with Crippen LogP contribution in [-0.4, -0.2) is 25.1 Å². The molecule has 0 spiro atoms. The third-order valence-corrected chi connectivity index (χ3v) is 2.61. The summed E-state index contributed by atoms with van der Waals surface area (Å²) in [6, 6.07) is 8.15. The summed E-state index contributed by atoms with van der Waals surface area (Å²) < 4.78 is 5.86. The van der Waals surface area contributed by atoms with Crippen LogP contribution in [-0.2, 0) is 0 Å². The lowest BCUT2D eigenvalue weighted by molar-refractivity contribution is 0.194. The Bertz CT molecular complexity index is 286. The quantitative estimate of drug-likeness (QED) is 0.585. The van der Waals surface area contributed by atoms with E-state index in [1.165, 1.54) is 5.56 Å². The summed E-state index contributed by atoms with van der Waals surface area (Å²) in [6.07, 6.45) is 1.20. The minimum atomic E-state index is 0.214. The minimum Gasteiger partial charge on any atom is -0.489 e. The third-order valence-electron chi connectivity index (χ3n) is 2.42. The Morgan fingerprint density at radius 1 is 1.31 bits per heavy atom. The monoisotopic (exact) mass is 241 g/mol. The van der Waals surface area contributed by atoms with Gasteiger partial charge in [0.05, 0.1) is 0 Å². The van der Waals surface area contributed by atoms with E-state index in [0.29, 0.717) is 5.88 Å². The van der Waals surface area contributed by atoms with Crippen molar-refractivity contribution in [3.63, 3.8) is 0 Å². The highest BCUT2D eigenvalue weighted by molar-refractivity contribution is 6.18. The van der Waals surface area contributed by atoms with Crippen LogP contribution in [0, 0.1) is 6.92 Å². The number of hydrogen-bond donors (Lipinski definition) is 1. The molecule has 16 heavy (non-hydrogen) atoms. The van der Waals surface area contributed by atoms with Gasteiger partial charge in [-0.05, 0) is 25.5 Å². The Hall–Kier alpha value is -0.730. The van der Waals surface area contributed by atoms with Crippen LogP contribution in [0.25, 0.3) is 0 Å². The molecule has 90 valence electrons. The zero-order chi connectivity index (χ0) is 11.8. The van der Waals surface area contributed by atoms with E-state index >= 15 is 0 Å². The predicted molar refractivity (Wildman–Crippen MR) is 69.5 cm³/mol. The molecule has 0 aromatic heterocycles. The highest BCUT2D eigenvalue weighted by atomic mass is 35.5. The van der Waals surface area contributed by atoms with Crippen LogP contribution in [0.4, 0.5) is 0 Å². The molecule has 0 radical (unpaired) electrons. The van der Waals surface area contributed by atoms with Crippen molar-refractivity contribution >= 4 is 11.6 Å². The van der Waals surface area contributed by atoms with Gasteiger partial charge >= 0.3 is 0 Å². The molecule has 1 aromatic rings. The average Bonchev–Trinajstić information content (AvgIpc) is 2.31. The SMILES string of the molecule is CCC(CNCCCl)Oc1ccc(C)cc1. The van der Waals surface area contributed by atoms with Crippen LogP contribution in [0.5, 0.6) is 5.75 Å². The summed E-state index contributed by atoms with van der Waals surface area (Å²) in [7, 11) is 0. The molecular formula is C13H20ClNO. The lowest BCUT2D eigenvalue weighted by Crippen LogP contribution is -2.31. The molecule has 0 bridgehead atoms. The molecule has 1 aromatic carbocycles. The van der Waals surface area contributed by atoms with Gasteiger partial charge in [0.2, 0.25) is 0 Å². The van der Waals surface area contributed by atoms with Gasteiger partial charge in [-0.3, -0.25) is 0 Å². The fourth-order valence-corrected chi connectivity index (χ4v) is 1.54. The van der Waals surface area contributed by atoms with Gasteiger partial charge in [0, 0.05) is 19.0 Å². The predicted octanol–water partition coefficient (Wildman–Crippen LogP) is 2.98. The number of hydrogen-bond acceptors (Lipinski definition) is 2. The summed E-state index contributed by atoms with van der Waals surface area (Å²) >= 11 is 5.60. The largest absolute Gasteiger partial charge is 0.489 e. The molecule has 2 nitrogen and oxygen atoms in total. The van der Waals surface area contributed by atoms with Gasteiger partial charge in [0.15, 0.2) is 0 Å². The van der Waals surface area contributed by atoms with Crippen LogP contribution >= 0.6 is 11.6 Å².